The number of nitrogens with zero attached hydrogens (tertiary/aromatic N) is 2. The van der Waals surface area contributed by atoms with Crippen LogP contribution in [0.5, 0.6) is 0 Å². The van der Waals surface area contributed by atoms with Crippen molar-refractivity contribution in [2.24, 2.45) is 0 Å². The van der Waals surface area contributed by atoms with Crippen LogP contribution in [0.2, 0.25) is 0 Å². The van der Waals surface area contributed by atoms with E-state index in [1.807, 2.05) is 18.2 Å². The van der Waals surface area contributed by atoms with Gasteiger partial charge >= 0.3 is 0 Å². The van der Waals surface area contributed by atoms with Gasteiger partial charge in [-0.25, -0.2) is 4.98 Å². The molecule has 1 atom stereocenters. The maximum Gasteiger partial charge on any atom is 0.257 e. The predicted octanol–water partition coefficient (Wildman–Crippen LogP) is 3.64. The molecule has 7 nitrogen and oxygen atoms in total. The lowest BCUT2D eigenvalue weighted by atomic mass is 10.1. The molecule has 2 heterocycles. The van der Waals surface area contributed by atoms with Gasteiger partial charge in [0.1, 0.15) is 6.04 Å². The SMILES string of the molecule is O=C(Nc1nccs1)c1ccc(NC(=O)C2CCCN2C(=O)c2ccccc2)cc1. The first-order valence-electron chi connectivity index (χ1n) is 9.59. The Kier molecular flexibility index (Phi) is 5.85. The van der Waals surface area contributed by atoms with Gasteiger partial charge in [-0.15, -0.1) is 11.3 Å². The molecule has 1 aliphatic rings. The lowest BCUT2D eigenvalue weighted by Gasteiger charge is -2.24. The van der Waals surface area contributed by atoms with Gasteiger partial charge in [0.2, 0.25) is 5.91 Å². The van der Waals surface area contributed by atoms with Crippen molar-refractivity contribution < 1.29 is 14.4 Å². The summed E-state index contributed by atoms with van der Waals surface area (Å²) < 4.78 is 0. The van der Waals surface area contributed by atoms with Gasteiger partial charge in [0, 0.05) is 34.9 Å². The Morgan fingerprint density at radius 3 is 2.43 bits per heavy atom. The highest BCUT2D eigenvalue weighted by atomic mass is 32.1. The molecule has 8 heteroatoms. The summed E-state index contributed by atoms with van der Waals surface area (Å²) in [4.78, 5) is 43.4. The van der Waals surface area contributed by atoms with E-state index in [9.17, 15) is 14.4 Å². The average molecular weight is 420 g/mol. The molecule has 3 aromatic rings. The molecule has 0 aliphatic carbocycles. The summed E-state index contributed by atoms with van der Waals surface area (Å²) >= 11 is 1.34. The molecule has 0 saturated carbocycles. The van der Waals surface area contributed by atoms with Gasteiger partial charge in [0.05, 0.1) is 0 Å². The van der Waals surface area contributed by atoms with Gasteiger partial charge in [0.15, 0.2) is 5.13 Å². The van der Waals surface area contributed by atoms with E-state index in [1.54, 1.807) is 52.9 Å². The first-order valence-corrected chi connectivity index (χ1v) is 10.5. The summed E-state index contributed by atoms with van der Waals surface area (Å²) in [7, 11) is 0. The molecule has 1 aliphatic heterocycles. The summed E-state index contributed by atoms with van der Waals surface area (Å²) in [6.45, 7) is 0.557. The van der Waals surface area contributed by atoms with Crippen molar-refractivity contribution in [1.29, 1.82) is 0 Å². The number of carbonyl (C=O) groups excluding carboxylic acids is 3. The fourth-order valence-corrected chi connectivity index (χ4v) is 3.94. The molecular weight excluding hydrogens is 400 g/mol. The molecule has 0 radical (unpaired) electrons. The molecule has 152 valence electrons. The number of anilines is 2. The van der Waals surface area contributed by atoms with Crippen LogP contribution in [-0.4, -0.2) is 40.2 Å². The van der Waals surface area contributed by atoms with Crippen molar-refractivity contribution in [3.05, 3.63) is 77.3 Å². The van der Waals surface area contributed by atoms with E-state index < -0.39 is 6.04 Å². The Balaban J connectivity index is 1.39. The highest BCUT2D eigenvalue weighted by molar-refractivity contribution is 7.13. The van der Waals surface area contributed by atoms with E-state index in [0.29, 0.717) is 34.9 Å². The second kappa shape index (κ2) is 8.87. The Bertz CT molecular complexity index is 1040. The van der Waals surface area contributed by atoms with Crippen LogP contribution in [0.4, 0.5) is 10.8 Å². The Morgan fingerprint density at radius 1 is 0.967 bits per heavy atom. The zero-order valence-corrected chi connectivity index (χ0v) is 16.9. The third-order valence-corrected chi connectivity index (χ3v) is 5.59. The fourth-order valence-electron chi connectivity index (χ4n) is 3.41. The van der Waals surface area contributed by atoms with Gasteiger partial charge in [-0.1, -0.05) is 18.2 Å². The maximum absolute atomic E-state index is 12.8. The summed E-state index contributed by atoms with van der Waals surface area (Å²) in [5.74, 6) is -0.627. The summed E-state index contributed by atoms with van der Waals surface area (Å²) in [6, 6.07) is 15.1. The van der Waals surface area contributed by atoms with Crippen LogP contribution in [0.3, 0.4) is 0 Å². The van der Waals surface area contributed by atoms with E-state index in [1.165, 1.54) is 11.3 Å². The Morgan fingerprint density at radius 2 is 1.73 bits per heavy atom. The second-order valence-corrected chi connectivity index (χ2v) is 7.78. The molecule has 3 amide bonds. The second-order valence-electron chi connectivity index (χ2n) is 6.88. The van der Waals surface area contributed by atoms with Crippen LogP contribution in [0.15, 0.2) is 66.2 Å². The maximum atomic E-state index is 12.8. The number of benzene rings is 2. The van der Waals surface area contributed by atoms with Crippen molar-refractivity contribution in [2.45, 2.75) is 18.9 Å². The third-order valence-electron chi connectivity index (χ3n) is 4.90. The lowest BCUT2D eigenvalue weighted by Crippen LogP contribution is -2.43. The van der Waals surface area contributed by atoms with Gasteiger partial charge in [0.25, 0.3) is 11.8 Å². The van der Waals surface area contributed by atoms with Crippen molar-refractivity contribution in [2.75, 3.05) is 17.2 Å². The Labute approximate surface area is 177 Å². The fraction of sp³-hybridized carbons (Fsp3) is 0.182. The minimum atomic E-state index is -0.509. The molecule has 2 aromatic carbocycles. The number of likely N-dealkylation sites (tertiary alicyclic amines) is 1. The number of thiazole rings is 1. The van der Waals surface area contributed by atoms with E-state index in [-0.39, 0.29) is 17.7 Å². The monoisotopic (exact) mass is 420 g/mol. The predicted molar refractivity (Wildman–Crippen MR) is 116 cm³/mol. The molecule has 0 bridgehead atoms. The minimum absolute atomic E-state index is 0.137. The van der Waals surface area contributed by atoms with Gasteiger partial charge in [-0.05, 0) is 49.2 Å². The Hall–Kier alpha value is -3.52. The molecule has 1 aromatic heterocycles. The van der Waals surface area contributed by atoms with E-state index in [0.717, 1.165) is 6.42 Å². The molecule has 30 heavy (non-hydrogen) atoms. The number of aromatic nitrogens is 1. The van der Waals surface area contributed by atoms with Crippen LogP contribution in [0, 0.1) is 0 Å². The molecule has 4 rings (SSSR count). The largest absolute Gasteiger partial charge is 0.327 e. The number of amides is 3. The van der Waals surface area contributed by atoms with Crippen LogP contribution >= 0.6 is 11.3 Å². The van der Waals surface area contributed by atoms with E-state index in [2.05, 4.69) is 15.6 Å². The number of hydrogen-bond donors (Lipinski definition) is 2. The van der Waals surface area contributed by atoms with Gasteiger partial charge in [-0.2, -0.15) is 0 Å². The first-order chi connectivity index (χ1) is 14.6. The quantitative estimate of drug-likeness (QED) is 0.659. The molecule has 1 fully saturated rings. The van der Waals surface area contributed by atoms with Crippen LogP contribution < -0.4 is 10.6 Å². The third kappa shape index (κ3) is 4.38. The first kappa shape index (κ1) is 19.8. The topological polar surface area (TPSA) is 91.4 Å². The average Bonchev–Trinajstić information content (AvgIpc) is 3.46. The van der Waals surface area contributed by atoms with Gasteiger partial charge < -0.3 is 10.2 Å². The number of nitrogens with one attached hydrogen (secondary N) is 2. The molecule has 1 saturated heterocycles. The van der Waals surface area contributed by atoms with Crippen LogP contribution in [-0.2, 0) is 4.79 Å². The van der Waals surface area contributed by atoms with Crippen molar-refractivity contribution in [1.82, 2.24) is 9.88 Å². The van der Waals surface area contributed by atoms with Crippen molar-refractivity contribution in [3.8, 4) is 0 Å². The number of carbonyl (C=O) groups is 3. The molecular formula is C22H20N4O3S. The highest BCUT2D eigenvalue weighted by Crippen LogP contribution is 2.22. The molecule has 2 N–H and O–H groups in total. The van der Waals surface area contributed by atoms with Gasteiger partial charge in [-0.3, -0.25) is 19.7 Å². The number of hydrogen-bond acceptors (Lipinski definition) is 5. The zero-order chi connectivity index (χ0) is 20.9. The zero-order valence-electron chi connectivity index (χ0n) is 16.1. The summed E-state index contributed by atoms with van der Waals surface area (Å²) in [5.41, 5.74) is 1.61. The molecule has 1 unspecified atom stereocenters. The summed E-state index contributed by atoms with van der Waals surface area (Å²) in [6.07, 6.45) is 3.03. The van der Waals surface area contributed by atoms with Crippen molar-refractivity contribution in [3.63, 3.8) is 0 Å². The standard InChI is InChI=1S/C22H20N4O3S/c27-19(25-22-23-12-14-30-22)15-8-10-17(11-9-15)24-20(28)18-7-4-13-26(18)21(29)16-5-2-1-3-6-16/h1-3,5-6,8-12,14,18H,4,7,13H2,(H,24,28)(H,23,25,27). The van der Waals surface area contributed by atoms with E-state index >= 15 is 0 Å². The normalized spacial score (nSPS) is 15.6. The minimum Gasteiger partial charge on any atom is -0.327 e. The van der Waals surface area contributed by atoms with Crippen LogP contribution in [0.1, 0.15) is 33.6 Å². The number of rotatable bonds is 5. The smallest absolute Gasteiger partial charge is 0.257 e. The highest BCUT2D eigenvalue weighted by Gasteiger charge is 2.34. The van der Waals surface area contributed by atoms with Crippen LogP contribution in [0.25, 0.3) is 0 Å². The summed E-state index contributed by atoms with van der Waals surface area (Å²) in [5, 5.41) is 7.88. The van der Waals surface area contributed by atoms with E-state index in [4.69, 9.17) is 0 Å². The molecule has 0 spiro atoms. The van der Waals surface area contributed by atoms with Crippen molar-refractivity contribution >= 4 is 39.9 Å². The lowest BCUT2D eigenvalue weighted by molar-refractivity contribution is -0.119.